The number of amides is 1. The Kier molecular flexibility index (Phi) is 5.60. The van der Waals surface area contributed by atoms with E-state index in [0.717, 1.165) is 30.0 Å². The summed E-state index contributed by atoms with van der Waals surface area (Å²) in [6, 6.07) is 9.64. The summed E-state index contributed by atoms with van der Waals surface area (Å²) in [5.74, 6) is -0.0703. The van der Waals surface area contributed by atoms with Gasteiger partial charge in [0.05, 0.1) is 12.2 Å². The molecule has 1 aromatic carbocycles. The molecule has 128 valence electrons. The molecule has 5 nitrogen and oxygen atoms in total. The fraction of sp³-hybridized carbons (Fsp3) is 0.444. The second-order valence-corrected chi connectivity index (χ2v) is 6.98. The Balaban J connectivity index is 1.77. The van der Waals surface area contributed by atoms with Crippen molar-refractivity contribution in [3.8, 4) is 0 Å². The summed E-state index contributed by atoms with van der Waals surface area (Å²) in [6.07, 6.45) is 4.18. The summed E-state index contributed by atoms with van der Waals surface area (Å²) < 4.78 is 5.64. The first-order chi connectivity index (χ1) is 11.7. The summed E-state index contributed by atoms with van der Waals surface area (Å²) in [4.78, 5) is 19.5. The average molecular weight is 346 g/mol. The molecule has 2 atom stereocenters. The average Bonchev–Trinajstić information content (AvgIpc) is 3.30. The molecule has 2 unspecified atom stereocenters. The molecule has 1 fully saturated rings. The van der Waals surface area contributed by atoms with Crippen molar-refractivity contribution in [1.82, 2.24) is 9.88 Å². The first kappa shape index (κ1) is 17.1. The smallest absolute Gasteiger partial charge is 0.265 e. The van der Waals surface area contributed by atoms with Crippen LogP contribution < -0.4 is 0 Å². The number of hydrogen-bond acceptors (Lipinski definition) is 5. The minimum Gasteiger partial charge on any atom is -0.396 e. The van der Waals surface area contributed by atoms with Gasteiger partial charge in [-0.3, -0.25) is 4.79 Å². The first-order valence-corrected chi connectivity index (χ1v) is 9.02. The van der Waals surface area contributed by atoms with Crippen LogP contribution in [0.4, 0.5) is 0 Å². The van der Waals surface area contributed by atoms with E-state index in [1.807, 2.05) is 30.3 Å². The molecule has 1 aliphatic rings. The number of carbonyl (C=O) groups is 1. The van der Waals surface area contributed by atoms with Gasteiger partial charge in [0.1, 0.15) is 16.0 Å². The van der Waals surface area contributed by atoms with E-state index < -0.39 is 0 Å². The van der Waals surface area contributed by atoms with Crippen LogP contribution in [0.2, 0.25) is 0 Å². The normalized spacial score (nSPS) is 18.5. The highest BCUT2D eigenvalue weighted by molar-refractivity contribution is 7.13. The second kappa shape index (κ2) is 7.88. The zero-order valence-electron chi connectivity index (χ0n) is 13.7. The summed E-state index contributed by atoms with van der Waals surface area (Å²) in [6.45, 7) is 0.793. The molecular weight excluding hydrogens is 324 g/mol. The second-order valence-electron chi connectivity index (χ2n) is 5.92. The van der Waals surface area contributed by atoms with E-state index >= 15 is 0 Å². The molecule has 2 aromatic rings. The maximum atomic E-state index is 12.8. The topological polar surface area (TPSA) is 62.7 Å². The largest absolute Gasteiger partial charge is 0.396 e. The van der Waals surface area contributed by atoms with Gasteiger partial charge < -0.3 is 14.7 Å². The molecule has 2 heterocycles. The van der Waals surface area contributed by atoms with Gasteiger partial charge in [-0.15, -0.1) is 11.3 Å². The van der Waals surface area contributed by atoms with Crippen LogP contribution in [0.25, 0.3) is 0 Å². The third-order valence-electron chi connectivity index (χ3n) is 4.31. The fourth-order valence-corrected chi connectivity index (χ4v) is 3.99. The van der Waals surface area contributed by atoms with Gasteiger partial charge in [-0.25, -0.2) is 4.98 Å². The third kappa shape index (κ3) is 3.66. The lowest BCUT2D eigenvalue weighted by Gasteiger charge is -2.27. The predicted octanol–water partition coefficient (Wildman–Crippen LogP) is 3.19. The summed E-state index contributed by atoms with van der Waals surface area (Å²) in [7, 11) is 1.78. The van der Waals surface area contributed by atoms with Gasteiger partial charge >= 0.3 is 0 Å². The molecule has 1 saturated heterocycles. The Hall–Kier alpha value is -1.76. The Bertz CT molecular complexity index is 668. The van der Waals surface area contributed by atoms with Gasteiger partial charge in [-0.05, 0) is 24.8 Å². The highest BCUT2D eigenvalue weighted by Gasteiger charge is 2.26. The van der Waals surface area contributed by atoms with Gasteiger partial charge in [0.15, 0.2) is 0 Å². The molecule has 6 heteroatoms. The van der Waals surface area contributed by atoms with E-state index in [9.17, 15) is 9.90 Å². The van der Waals surface area contributed by atoms with Crippen LogP contribution in [0.3, 0.4) is 0 Å². The zero-order valence-corrected chi connectivity index (χ0v) is 14.5. The molecule has 0 saturated carbocycles. The number of benzene rings is 1. The number of hydrogen-bond donors (Lipinski definition) is 1. The lowest BCUT2D eigenvalue weighted by Crippen LogP contribution is -2.31. The van der Waals surface area contributed by atoms with Gasteiger partial charge in [0.25, 0.3) is 5.91 Å². The Labute approximate surface area is 145 Å². The molecule has 0 aliphatic carbocycles. The van der Waals surface area contributed by atoms with E-state index in [4.69, 9.17) is 4.74 Å². The van der Waals surface area contributed by atoms with Crippen molar-refractivity contribution in [2.75, 3.05) is 20.3 Å². The highest BCUT2D eigenvalue weighted by Crippen LogP contribution is 2.32. The summed E-state index contributed by atoms with van der Waals surface area (Å²) >= 11 is 1.41. The van der Waals surface area contributed by atoms with Gasteiger partial charge in [-0.2, -0.15) is 0 Å². The minimum atomic E-state index is -0.156. The molecule has 1 aromatic heterocycles. The Morgan fingerprint density at radius 2 is 2.25 bits per heavy atom. The summed E-state index contributed by atoms with van der Waals surface area (Å²) in [5, 5.41) is 10.3. The van der Waals surface area contributed by atoms with Crippen molar-refractivity contribution in [2.45, 2.75) is 31.4 Å². The van der Waals surface area contributed by atoms with Crippen LogP contribution in [0.1, 0.15) is 51.7 Å². The van der Waals surface area contributed by atoms with E-state index in [1.165, 1.54) is 11.3 Å². The van der Waals surface area contributed by atoms with E-state index in [-0.39, 0.29) is 24.7 Å². The molecule has 0 bridgehead atoms. The van der Waals surface area contributed by atoms with Crippen LogP contribution in [-0.2, 0) is 4.74 Å². The van der Waals surface area contributed by atoms with Crippen LogP contribution >= 0.6 is 11.3 Å². The van der Waals surface area contributed by atoms with E-state index in [0.29, 0.717) is 11.3 Å². The number of nitrogens with zero attached hydrogens (tertiary/aromatic N) is 2. The quantitative estimate of drug-likeness (QED) is 0.872. The monoisotopic (exact) mass is 346 g/mol. The number of aromatic nitrogens is 1. The van der Waals surface area contributed by atoms with Gasteiger partial charge in [0.2, 0.25) is 0 Å². The van der Waals surface area contributed by atoms with Gasteiger partial charge in [0, 0.05) is 20.3 Å². The highest BCUT2D eigenvalue weighted by atomic mass is 32.1. The molecule has 0 spiro atoms. The minimum absolute atomic E-state index is 0.0288. The van der Waals surface area contributed by atoms with Crippen molar-refractivity contribution < 1.29 is 14.6 Å². The lowest BCUT2D eigenvalue weighted by molar-refractivity contribution is 0.0710. The van der Waals surface area contributed by atoms with E-state index in [2.05, 4.69) is 4.98 Å². The predicted molar refractivity (Wildman–Crippen MR) is 93.0 cm³/mol. The summed E-state index contributed by atoms with van der Waals surface area (Å²) in [5.41, 5.74) is 1.02. The van der Waals surface area contributed by atoms with Crippen LogP contribution in [0.5, 0.6) is 0 Å². The molecule has 1 amide bonds. The lowest BCUT2D eigenvalue weighted by atomic mass is 10.0. The Morgan fingerprint density at radius 1 is 1.46 bits per heavy atom. The number of aliphatic hydroxyl groups excluding tert-OH is 1. The number of rotatable bonds is 6. The van der Waals surface area contributed by atoms with Crippen molar-refractivity contribution in [2.24, 2.45) is 0 Å². The first-order valence-electron chi connectivity index (χ1n) is 8.21. The molecule has 1 N–H and O–H groups in total. The molecular formula is C18H22N2O3S. The van der Waals surface area contributed by atoms with Crippen LogP contribution in [-0.4, -0.2) is 41.2 Å². The molecule has 3 rings (SSSR count). The van der Waals surface area contributed by atoms with Crippen molar-refractivity contribution in [1.29, 1.82) is 0 Å². The maximum absolute atomic E-state index is 12.8. The molecule has 24 heavy (non-hydrogen) atoms. The fourth-order valence-electron chi connectivity index (χ4n) is 3.00. The number of ether oxygens (including phenoxy) is 1. The van der Waals surface area contributed by atoms with Crippen LogP contribution in [0.15, 0.2) is 36.5 Å². The molecule has 1 aliphatic heterocycles. The SMILES string of the molecule is CN(C(=O)c1cnc(C2CCCO2)s1)C(CCO)c1ccccc1. The van der Waals surface area contributed by atoms with Crippen LogP contribution in [0, 0.1) is 0 Å². The number of aliphatic hydroxyl groups is 1. The zero-order chi connectivity index (χ0) is 16.9. The van der Waals surface area contributed by atoms with Crippen molar-refractivity contribution >= 4 is 17.2 Å². The number of carbonyl (C=O) groups excluding carboxylic acids is 1. The van der Waals surface area contributed by atoms with Crippen molar-refractivity contribution in [3.63, 3.8) is 0 Å². The standard InChI is InChI=1S/C18H22N2O3S/c1-20(14(9-10-21)13-6-3-2-4-7-13)18(22)16-12-19-17(24-16)15-8-5-11-23-15/h2-4,6-7,12,14-15,21H,5,8-11H2,1H3. The van der Waals surface area contributed by atoms with Crippen molar-refractivity contribution in [3.05, 3.63) is 52.0 Å². The van der Waals surface area contributed by atoms with Gasteiger partial charge in [-0.1, -0.05) is 30.3 Å². The van der Waals surface area contributed by atoms with E-state index in [1.54, 1.807) is 18.1 Å². The number of thiazole rings is 1. The maximum Gasteiger partial charge on any atom is 0.265 e. The Morgan fingerprint density at radius 3 is 2.92 bits per heavy atom. The molecule has 0 radical (unpaired) electrons. The third-order valence-corrected chi connectivity index (χ3v) is 5.39.